The van der Waals surface area contributed by atoms with Gasteiger partial charge in [-0.2, -0.15) is 0 Å². The van der Waals surface area contributed by atoms with Crippen molar-refractivity contribution in [3.8, 4) is 0 Å². The van der Waals surface area contributed by atoms with Crippen molar-refractivity contribution in [2.75, 3.05) is 6.61 Å². The molecule has 2 bridgehead atoms. The van der Waals surface area contributed by atoms with Gasteiger partial charge in [0.1, 0.15) is 0 Å². The molecule has 1 saturated heterocycles. The van der Waals surface area contributed by atoms with E-state index in [0.29, 0.717) is 35.8 Å². The van der Waals surface area contributed by atoms with Crippen molar-refractivity contribution in [2.24, 2.45) is 28.6 Å². The van der Waals surface area contributed by atoms with Gasteiger partial charge in [0.15, 0.2) is 0 Å². The Morgan fingerprint density at radius 1 is 1.38 bits per heavy atom. The van der Waals surface area contributed by atoms with E-state index in [4.69, 9.17) is 4.74 Å². The highest BCUT2D eigenvalue weighted by molar-refractivity contribution is 5.76. The second-order valence-corrected chi connectivity index (χ2v) is 8.72. The van der Waals surface area contributed by atoms with Gasteiger partial charge in [0, 0.05) is 19.1 Å². The van der Waals surface area contributed by atoms with Crippen LogP contribution in [0.3, 0.4) is 0 Å². The first-order valence-corrected chi connectivity index (χ1v) is 8.68. The lowest BCUT2D eigenvalue weighted by atomic mass is 9.59. The van der Waals surface area contributed by atoms with Crippen LogP contribution in [-0.4, -0.2) is 24.7 Å². The lowest BCUT2D eigenvalue weighted by Crippen LogP contribution is -2.60. The molecule has 3 aliphatic rings. The number of hydrogen-bond acceptors (Lipinski definition) is 2. The third-order valence-corrected chi connectivity index (χ3v) is 6.69. The van der Waals surface area contributed by atoms with Crippen LogP contribution >= 0.6 is 0 Å². The van der Waals surface area contributed by atoms with E-state index in [2.05, 4.69) is 39.9 Å². The molecule has 0 aromatic rings. The second-order valence-electron chi connectivity index (χ2n) is 8.72. The summed E-state index contributed by atoms with van der Waals surface area (Å²) in [5, 5.41) is 3.45. The van der Waals surface area contributed by atoms with Crippen LogP contribution in [0.25, 0.3) is 0 Å². The summed E-state index contributed by atoms with van der Waals surface area (Å²) >= 11 is 0. The maximum atomic E-state index is 12.4. The molecule has 0 aromatic heterocycles. The summed E-state index contributed by atoms with van der Waals surface area (Å²) in [4.78, 5) is 12.4. The van der Waals surface area contributed by atoms with Gasteiger partial charge in [0.25, 0.3) is 0 Å². The molecule has 0 radical (unpaired) electrons. The molecule has 3 rings (SSSR count). The molecule has 0 aromatic carbocycles. The average molecular weight is 293 g/mol. The Morgan fingerprint density at radius 3 is 2.76 bits per heavy atom. The Morgan fingerprint density at radius 2 is 2.10 bits per heavy atom. The van der Waals surface area contributed by atoms with Gasteiger partial charge in [0.2, 0.25) is 5.91 Å². The first kappa shape index (κ1) is 15.3. The lowest BCUT2D eigenvalue weighted by Gasteiger charge is -2.52. The largest absolute Gasteiger partial charge is 0.378 e. The molecule has 21 heavy (non-hydrogen) atoms. The van der Waals surface area contributed by atoms with Crippen molar-refractivity contribution >= 4 is 5.91 Å². The van der Waals surface area contributed by atoms with E-state index in [1.54, 1.807) is 0 Å². The molecule has 1 amide bonds. The zero-order chi connectivity index (χ0) is 15.4. The zero-order valence-electron chi connectivity index (χ0n) is 14.2. The van der Waals surface area contributed by atoms with Crippen LogP contribution in [0.2, 0.25) is 0 Å². The van der Waals surface area contributed by atoms with Crippen molar-refractivity contribution in [1.82, 2.24) is 5.32 Å². The number of carbonyl (C=O) groups excluding carboxylic acids is 1. The molecule has 2 saturated carbocycles. The first-order chi connectivity index (χ1) is 9.77. The van der Waals surface area contributed by atoms with E-state index in [9.17, 15) is 4.79 Å². The third-order valence-electron chi connectivity index (χ3n) is 6.69. The van der Waals surface area contributed by atoms with E-state index in [1.807, 2.05) is 0 Å². The van der Waals surface area contributed by atoms with E-state index in [-0.39, 0.29) is 11.3 Å². The highest BCUT2D eigenvalue weighted by Crippen LogP contribution is 2.68. The Balaban J connectivity index is 1.85. The number of rotatable bonds is 3. The fourth-order valence-corrected chi connectivity index (χ4v) is 5.67. The maximum Gasteiger partial charge on any atom is 0.220 e. The number of nitrogens with one attached hydrogen (secondary N) is 1. The van der Waals surface area contributed by atoms with Gasteiger partial charge in [-0.25, -0.2) is 0 Å². The van der Waals surface area contributed by atoms with Crippen molar-refractivity contribution in [3.63, 3.8) is 0 Å². The zero-order valence-corrected chi connectivity index (χ0v) is 14.2. The van der Waals surface area contributed by atoms with Gasteiger partial charge >= 0.3 is 0 Å². The smallest absolute Gasteiger partial charge is 0.220 e. The summed E-state index contributed by atoms with van der Waals surface area (Å²) in [7, 11) is 0. The molecule has 1 spiro atoms. The monoisotopic (exact) mass is 293 g/mol. The van der Waals surface area contributed by atoms with Crippen molar-refractivity contribution < 1.29 is 9.53 Å². The third kappa shape index (κ3) is 2.23. The lowest BCUT2D eigenvalue weighted by molar-refractivity contribution is -0.134. The van der Waals surface area contributed by atoms with Gasteiger partial charge in [-0.3, -0.25) is 4.79 Å². The molecular weight excluding hydrogens is 262 g/mol. The van der Waals surface area contributed by atoms with Gasteiger partial charge in [0.05, 0.1) is 6.10 Å². The summed E-state index contributed by atoms with van der Waals surface area (Å²) in [5.41, 5.74) is 0.513. The van der Waals surface area contributed by atoms with Gasteiger partial charge in [-0.05, 0) is 54.8 Å². The molecule has 3 fully saturated rings. The van der Waals surface area contributed by atoms with E-state index in [1.165, 1.54) is 12.8 Å². The minimum absolute atomic E-state index is 0.222. The van der Waals surface area contributed by atoms with Gasteiger partial charge < -0.3 is 10.1 Å². The predicted octanol–water partition coefficient (Wildman–Crippen LogP) is 3.38. The highest BCUT2D eigenvalue weighted by Gasteiger charge is 2.67. The Hall–Kier alpha value is -0.570. The normalized spacial score (nSPS) is 43.9. The van der Waals surface area contributed by atoms with Gasteiger partial charge in [-0.1, -0.05) is 27.7 Å². The summed E-state index contributed by atoms with van der Waals surface area (Å²) in [6.45, 7) is 12.0. The number of hydrogen-bond donors (Lipinski definition) is 1. The van der Waals surface area contributed by atoms with E-state index >= 15 is 0 Å². The van der Waals surface area contributed by atoms with Crippen LogP contribution < -0.4 is 5.32 Å². The van der Waals surface area contributed by atoms with Gasteiger partial charge in [-0.15, -0.1) is 0 Å². The van der Waals surface area contributed by atoms with Crippen LogP contribution in [0, 0.1) is 28.6 Å². The standard InChI is InChI=1S/C18H31NO2/c1-11(2)8-15(20)19-16-17(4,5)13-9-14-12(3)21-7-6-18(14,16)10-13/h11-14,16H,6-10H2,1-5H3,(H,19,20)/t12-,13-,14-,16-,18?/m1/s1. The van der Waals surface area contributed by atoms with Crippen LogP contribution in [0.4, 0.5) is 0 Å². The van der Waals surface area contributed by atoms with Crippen LogP contribution in [0.1, 0.15) is 60.3 Å². The molecule has 1 aliphatic heterocycles. The molecule has 5 atom stereocenters. The topological polar surface area (TPSA) is 38.3 Å². The molecular formula is C18H31NO2. The number of carbonyl (C=O) groups is 1. The van der Waals surface area contributed by atoms with Crippen LogP contribution in [-0.2, 0) is 9.53 Å². The van der Waals surface area contributed by atoms with E-state index < -0.39 is 0 Å². The minimum atomic E-state index is 0.222. The molecule has 3 heteroatoms. The molecule has 1 unspecified atom stereocenters. The molecule has 3 nitrogen and oxygen atoms in total. The fraction of sp³-hybridized carbons (Fsp3) is 0.944. The predicted molar refractivity (Wildman–Crippen MR) is 83.8 cm³/mol. The fourth-order valence-electron chi connectivity index (χ4n) is 5.67. The summed E-state index contributed by atoms with van der Waals surface area (Å²) < 4.78 is 5.91. The number of ether oxygens (including phenoxy) is 1. The Kier molecular flexibility index (Phi) is 3.63. The quantitative estimate of drug-likeness (QED) is 0.866. The molecule has 120 valence electrons. The molecule has 1 heterocycles. The average Bonchev–Trinajstić information content (AvgIpc) is 2.84. The van der Waals surface area contributed by atoms with Crippen molar-refractivity contribution in [3.05, 3.63) is 0 Å². The van der Waals surface area contributed by atoms with E-state index in [0.717, 1.165) is 18.9 Å². The number of fused-ring (bicyclic) bond motifs is 1. The molecule has 1 N–H and O–H groups in total. The Bertz CT molecular complexity index is 431. The number of amides is 1. The first-order valence-electron chi connectivity index (χ1n) is 8.68. The minimum Gasteiger partial charge on any atom is -0.378 e. The SMILES string of the molecule is CC(C)CC(=O)N[C@@H]1C(C)(C)[C@@H]2C[C@@H]3[C@@H](C)OCCC31C2. The molecule has 2 aliphatic carbocycles. The summed E-state index contributed by atoms with van der Waals surface area (Å²) in [6.07, 6.45) is 4.68. The van der Waals surface area contributed by atoms with Crippen LogP contribution in [0.15, 0.2) is 0 Å². The Labute approximate surface area is 129 Å². The van der Waals surface area contributed by atoms with Crippen molar-refractivity contribution in [2.45, 2.75) is 72.4 Å². The maximum absolute atomic E-state index is 12.4. The second kappa shape index (κ2) is 4.97. The van der Waals surface area contributed by atoms with Crippen molar-refractivity contribution in [1.29, 1.82) is 0 Å². The summed E-state index contributed by atoms with van der Waals surface area (Å²) in [5.74, 6) is 2.03. The highest BCUT2D eigenvalue weighted by atomic mass is 16.5. The van der Waals surface area contributed by atoms with Crippen LogP contribution in [0.5, 0.6) is 0 Å². The summed E-state index contributed by atoms with van der Waals surface area (Å²) in [6, 6.07) is 0.325.